The molecular weight excluding hydrogens is 420 g/mol. The minimum absolute atomic E-state index is 0.0259. The van der Waals surface area contributed by atoms with Crippen molar-refractivity contribution in [3.63, 3.8) is 0 Å². The lowest BCUT2D eigenvalue weighted by Gasteiger charge is -2.59. The molecule has 0 saturated heterocycles. The third-order valence-electron chi connectivity index (χ3n) is 9.76. The summed E-state index contributed by atoms with van der Waals surface area (Å²) < 4.78 is 0. The van der Waals surface area contributed by atoms with Gasteiger partial charge in [0, 0.05) is 11.0 Å². The van der Waals surface area contributed by atoms with Crippen LogP contribution >= 0.6 is 15.9 Å². The zero-order chi connectivity index (χ0) is 21.0. The van der Waals surface area contributed by atoms with Crippen molar-refractivity contribution in [3.05, 3.63) is 23.8 Å². The topological polar surface area (TPSA) is 17.1 Å². The molecule has 0 heterocycles. The molecule has 0 bridgehead atoms. The van der Waals surface area contributed by atoms with E-state index in [1.54, 1.807) is 0 Å². The van der Waals surface area contributed by atoms with Crippen LogP contribution in [0.3, 0.4) is 0 Å². The van der Waals surface area contributed by atoms with Gasteiger partial charge in [-0.1, -0.05) is 88.0 Å². The summed E-state index contributed by atoms with van der Waals surface area (Å²) in [5, 5.41) is 0. The summed E-state index contributed by atoms with van der Waals surface area (Å²) in [5.74, 6) is 4.73. The van der Waals surface area contributed by atoms with Crippen LogP contribution in [0.1, 0.15) is 86.0 Å². The van der Waals surface area contributed by atoms with Gasteiger partial charge in [-0.3, -0.25) is 4.79 Å². The van der Waals surface area contributed by atoms with E-state index in [4.69, 9.17) is 0 Å². The fraction of sp³-hybridized carbons (Fsp3) is 0.815. The number of alkyl halides is 1. The normalized spacial score (nSPS) is 44.9. The van der Waals surface area contributed by atoms with E-state index >= 15 is 0 Å². The summed E-state index contributed by atoms with van der Waals surface area (Å²) >= 11 is 3.94. The van der Waals surface area contributed by atoms with Crippen molar-refractivity contribution in [3.8, 4) is 0 Å². The molecule has 0 unspecified atom stereocenters. The van der Waals surface area contributed by atoms with Gasteiger partial charge in [-0.2, -0.15) is 0 Å². The van der Waals surface area contributed by atoms with Crippen LogP contribution in [-0.4, -0.2) is 10.6 Å². The lowest BCUT2D eigenvalue weighted by molar-refractivity contribution is -0.126. The largest absolute Gasteiger partial charge is 0.293 e. The molecule has 0 N–H and O–H groups in total. The first kappa shape index (κ1) is 21.8. The van der Waals surface area contributed by atoms with Gasteiger partial charge in [0.05, 0.1) is 4.83 Å². The molecule has 3 saturated carbocycles. The van der Waals surface area contributed by atoms with Crippen molar-refractivity contribution < 1.29 is 4.79 Å². The molecule has 1 nitrogen and oxygen atoms in total. The van der Waals surface area contributed by atoms with Crippen molar-refractivity contribution in [1.82, 2.24) is 0 Å². The molecule has 0 spiro atoms. The number of hydrogen-bond acceptors (Lipinski definition) is 1. The smallest absolute Gasteiger partial charge is 0.173 e. The molecule has 162 valence electrons. The highest BCUT2D eigenvalue weighted by Crippen LogP contribution is 2.67. The quantitative estimate of drug-likeness (QED) is 0.383. The fourth-order valence-electron chi connectivity index (χ4n) is 8.19. The molecule has 2 heteroatoms. The number of carbonyl (C=O) groups is 1. The summed E-state index contributed by atoms with van der Waals surface area (Å²) in [7, 11) is 0. The third-order valence-corrected chi connectivity index (χ3v) is 10.8. The van der Waals surface area contributed by atoms with Crippen molar-refractivity contribution in [2.24, 2.45) is 46.3 Å². The van der Waals surface area contributed by atoms with Gasteiger partial charge in [0.2, 0.25) is 0 Å². The van der Waals surface area contributed by atoms with Gasteiger partial charge in [0.15, 0.2) is 5.78 Å². The van der Waals surface area contributed by atoms with Crippen LogP contribution in [0.25, 0.3) is 0 Å². The van der Waals surface area contributed by atoms with Gasteiger partial charge in [0.1, 0.15) is 0 Å². The molecule has 0 amide bonds. The van der Waals surface area contributed by atoms with E-state index in [0.717, 1.165) is 29.7 Å². The highest BCUT2D eigenvalue weighted by Gasteiger charge is 2.63. The van der Waals surface area contributed by atoms with Gasteiger partial charge in [-0.15, -0.1) is 0 Å². The average molecular weight is 462 g/mol. The van der Waals surface area contributed by atoms with Gasteiger partial charge in [0.25, 0.3) is 0 Å². The number of ketones is 1. The van der Waals surface area contributed by atoms with E-state index < -0.39 is 0 Å². The number of halogens is 1. The first-order valence-electron chi connectivity index (χ1n) is 12.3. The van der Waals surface area contributed by atoms with Gasteiger partial charge in [-0.25, -0.2) is 0 Å². The second-order valence-corrected chi connectivity index (χ2v) is 12.7. The fourth-order valence-corrected chi connectivity index (χ4v) is 9.17. The summed E-state index contributed by atoms with van der Waals surface area (Å²) in [5.41, 5.74) is 1.58. The number of fused-ring (bicyclic) bond motifs is 5. The van der Waals surface area contributed by atoms with E-state index in [9.17, 15) is 4.79 Å². The van der Waals surface area contributed by atoms with E-state index in [0.29, 0.717) is 29.0 Å². The standard InChI is InChI=1S/C27H41BrO/c1-17(2)9-8-10-18(3)19-12-13-20-23-21(14-16-27(19,20)5)26(4)15-7-6-11-22(26)25(29)24(23)28/h6-7,11,17-21,23-24H,8-10,12-16H2,1-5H3/t18-,19-,20+,21+,23+,24+,26-,27-/m1/s1. The molecule has 0 aromatic carbocycles. The second kappa shape index (κ2) is 7.95. The first-order chi connectivity index (χ1) is 13.7. The molecule has 0 radical (unpaired) electrons. The Balaban J connectivity index is 1.57. The van der Waals surface area contributed by atoms with Crippen molar-refractivity contribution >= 4 is 21.7 Å². The summed E-state index contributed by atoms with van der Waals surface area (Å²) in [6.07, 6.45) is 17.0. The monoisotopic (exact) mass is 460 g/mol. The number of rotatable bonds is 5. The van der Waals surface area contributed by atoms with Crippen LogP contribution in [0.5, 0.6) is 0 Å². The summed E-state index contributed by atoms with van der Waals surface area (Å²) in [6.45, 7) is 12.2. The molecule has 4 aliphatic rings. The van der Waals surface area contributed by atoms with Crippen LogP contribution in [0.15, 0.2) is 23.8 Å². The molecule has 4 rings (SSSR count). The van der Waals surface area contributed by atoms with E-state index in [1.165, 1.54) is 44.9 Å². The highest BCUT2D eigenvalue weighted by molar-refractivity contribution is 9.10. The van der Waals surface area contributed by atoms with Gasteiger partial charge >= 0.3 is 0 Å². The number of carbonyl (C=O) groups excluding carboxylic acids is 1. The van der Waals surface area contributed by atoms with Crippen LogP contribution in [0.2, 0.25) is 0 Å². The van der Waals surface area contributed by atoms with Crippen molar-refractivity contribution in [2.45, 2.75) is 90.8 Å². The molecule has 3 fully saturated rings. The predicted octanol–water partition coefficient (Wildman–Crippen LogP) is 7.75. The molecule has 8 atom stereocenters. The number of Topliss-reactive ketones (excluding diaryl/α,β-unsaturated/α-hetero) is 1. The molecule has 0 aromatic rings. The summed E-state index contributed by atoms with van der Waals surface area (Å²) in [6, 6.07) is 0. The minimum atomic E-state index is 0.0259. The SMILES string of the molecule is CC(C)CCC[C@@H](C)[C@H]1CC[C@H]2[C@@H]3[C@H](Br)C(=O)C4=CC=CC[C@]4(C)[C@H]3CC[C@]12C. The first-order valence-corrected chi connectivity index (χ1v) is 13.2. The Morgan fingerprint density at radius 3 is 2.59 bits per heavy atom. The molecule has 0 aromatic heterocycles. The van der Waals surface area contributed by atoms with Crippen molar-refractivity contribution in [1.29, 1.82) is 0 Å². The van der Waals surface area contributed by atoms with Crippen LogP contribution in [0, 0.1) is 46.3 Å². The Hall–Kier alpha value is -0.370. The molecule has 0 aliphatic heterocycles. The Labute approximate surface area is 187 Å². The predicted molar refractivity (Wildman–Crippen MR) is 126 cm³/mol. The van der Waals surface area contributed by atoms with E-state index in [2.05, 4.69) is 68.8 Å². The molecule has 29 heavy (non-hydrogen) atoms. The Kier molecular flexibility index (Phi) is 5.99. The summed E-state index contributed by atoms with van der Waals surface area (Å²) in [4.78, 5) is 13.4. The maximum Gasteiger partial charge on any atom is 0.173 e. The zero-order valence-electron chi connectivity index (χ0n) is 19.2. The average Bonchev–Trinajstić information content (AvgIpc) is 3.02. The number of hydrogen-bond donors (Lipinski definition) is 0. The Morgan fingerprint density at radius 1 is 1.10 bits per heavy atom. The van der Waals surface area contributed by atoms with Crippen molar-refractivity contribution in [2.75, 3.05) is 0 Å². The maximum atomic E-state index is 13.4. The molecule has 4 aliphatic carbocycles. The Morgan fingerprint density at radius 2 is 1.86 bits per heavy atom. The van der Waals surface area contributed by atoms with Gasteiger partial charge in [-0.05, 0) is 73.0 Å². The van der Waals surface area contributed by atoms with E-state index in [-0.39, 0.29) is 10.2 Å². The van der Waals surface area contributed by atoms with Crippen LogP contribution < -0.4 is 0 Å². The third kappa shape index (κ3) is 3.44. The number of allylic oxidation sites excluding steroid dienone is 4. The van der Waals surface area contributed by atoms with Crippen LogP contribution in [-0.2, 0) is 4.79 Å². The Bertz CT molecular complexity index is 705. The maximum absolute atomic E-state index is 13.4. The van der Waals surface area contributed by atoms with Gasteiger partial charge < -0.3 is 0 Å². The second-order valence-electron chi connectivity index (χ2n) is 11.7. The molecular formula is C27H41BrO. The van der Waals surface area contributed by atoms with E-state index in [1.807, 2.05) is 0 Å². The lowest BCUT2D eigenvalue weighted by atomic mass is 9.46. The minimum Gasteiger partial charge on any atom is -0.293 e. The lowest BCUT2D eigenvalue weighted by Crippen LogP contribution is -2.57. The van der Waals surface area contributed by atoms with Crippen LogP contribution in [0.4, 0.5) is 0 Å². The zero-order valence-corrected chi connectivity index (χ0v) is 20.8. The highest BCUT2D eigenvalue weighted by atomic mass is 79.9.